The van der Waals surface area contributed by atoms with Gasteiger partial charge in [-0.25, -0.2) is 0 Å². The summed E-state index contributed by atoms with van der Waals surface area (Å²) in [4.78, 5) is 2.46. The third-order valence-electron chi connectivity index (χ3n) is 10.6. The first-order chi connectivity index (χ1) is 18.6. The zero-order valence-electron chi connectivity index (χ0n) is 23.1. The Hall–Kier alpha value is -2.13. The molecule has 3 fully saturated rings. The molecule has 8 heteroatoms. The maximum atomic E-state index is 11.6. The van der Waals surface area contributed by atoms with Gasteiger partial charge in [0, 0.05) is 6.54 Å². The Kier molecular flexibility index (Phi) is 6.97. The molecule has 0 bridgehead atoms. The van der Waals surface area contributed by atoms with Crippen LogP contribution in [0.15, 0.2) is 42.5 Å². The minimum atomic E-state index is -4.08. The fourth-order valence-electron chi connectivity index (χ4n) is 8.86. The van der Waals surface area contributed by atoms with E-state index in [9.17, 15) is 13.5 Å². The van der Waals surface area contributed by atoms with Crippen molar-refractivity contribution in [3.8, 4) is 11.5 Å². The smallest absolute Gasteiger partial charge is 0.380 e. The van der Waals surface area contributed by atoms with Crippen LogP contribution < -0.4 is 14.1 Å². The van der Waals surface area contributed by atoms with Crippen LogP contribution in [0.4, 0.5) is 0 Å². The largest absolute Gasteiger partial charge is 0.492 e. The SMILES string of the molecule is C[C@@]12CCc3cc(OS(N)(=O)=O)ccc3C1[C@@H](c1ccc(OCCN3CCCC3)cc1)C[C@@]1(C)C2CC[C@@H]1O. The second-order valence-corrected chi connectivity index (χ2v) is 14.0. The number of aliphatic hydroxyl groups excluding tert-OH is 1. The third kappa shape index (κ3) is 4.98. The second-order valence-electron chi connectivity index (χ2n) is 12.8. The Labute approximate surface area is 232 Å². The van der Waals surface area contributed by atoms with E-state index in [1.54, 1.807) is 6.07 Å². The number of rotatable bonds is 7. The number of aryl methyl sites for hydroxylation is 1. The van der Waals surface area contributed by atoms with Gasteiger partial charge in [0.05, 0.1) is 6.10 Å². The molecule has 6 rings (SSSR count). The molecule has 4 aliphatic rings. The maximum absolute atomic E-state index is 11.6. The van der Waals surface area contributed by atoms with Crippen LogP contribution in [-0.2, 0) is 16.7 Å². The molecule has 2 saturated carbocycles. The van der Waals surface area contributed by atoms with Crippen molar-refractivity contribution in [3.05, 3.63) is 59.2 Å². The molecule has 212 valence electrons. The van der Waals surface area contributed by atoms with Crippen molar-refractivity contribution < 1.29 is 22.4 Å². The lowest BCUT2D eigenvalue weighted by molar-refractivity contribution is -0.0768. The summed E-state index contributed by atoms with van der Waals surface area (Å²) in [5.74, 6) is 2.09. The van der Waals surface area contributed by atoms with Crippen LogP contribution in [0.25, 0.3) is 0 Å². The van der Waals surface area contributed by atoms with E-state index in [-0.39, 0.29) is 34.5 Å². The van der Waals surface area contributed by atoms with Gasteiger partial charge in [-0.2, -0.15) is 13.6 Å². The summed E-state index contributed by atoms with van der Waals surface area (Å²) in [5.41, 5.74) is 3.57. The van der Waals surface area contributed by atoms with Gasteiger partial charge in [0.1, 0.15) is 18.1 Å². The fourth-order valence-corrected chi connectivity index (χ4v) is 9.23. The summed E-state index contributed by atoms with van der Waals surface area (Å²) in [5, 5.41) is 16.4. The summed E-state index contributed by atoms with van der Waals surface area (Å²) in [6.45, 7) is 8.75. The van der Waals surface area contributed by atoms with Gasteiger partial charge in [-0.3, -0.25) is 4.90 Å². The number of ether oxygens (including phenoxy) is 1. The van der Waals surface area contributed by atoms with Gasteiger partial charge in [0.15, 0.2) is 0 Å². The van der Waals surface area contributed by atoms with Crippen molar-refractivity contribution in [1.82, 2.24) is 4.90 Å². The maximum Gasteiger partial charge on any atom is 0.380 e. The van der Waals surface area contributed by atoms with E-state index in [0.717, 1.165) is 50.0 Å². The van der Waals surface area contributed by atoms with Gasteiger partial charge in [-0.05, 0) is 128 Å². The number of hydrogen-bond acceptors (Lipinski definition) is 6. The Morgan fingerprint density at radius 2 is 1.74 bits per heavy atom. The molecule has 1 aliphatic heterocycles. The highest BCUT2D eigenvalue weighted by atomic mass is 32.2. The van der Waals surface area contributed by atoms with Crippen LogP contribution in [0, 0.1) is 16.7 Å². The Morgan fingerprint density at radius 3 is 2.46 bits per heavy atom. The normalized spacial score (nSPS) is 34.3. The molecule has 7 nitrogen and oxygen atoms in total. The first-order valence-electron chi connectivity index (χ1n) is 14.5. The van der Waals surface area contributed by atoms with Crippen molar-refractivity contribution in [3.63, 3.8) is 0 Å². The van der Waals surface area contributed by atoms with Crippen molar-refractivity contribution in [1.29, 1.82) is 0 Å². The Bertz CT molecular complexity index is 1310. The molecular weight excluding hydrogens is 512 g/mol. The molecule has 2 unspecified atom stereocenters. The molecule has 3 aliphatic carbocycles. The summed E-state index contributed by atoms with van der Waals surface area (Å²) in [6.07, 6.45) is 6.94. The zero-order chi connectivity index (χ0) is 27.4. The molecule has 0 radical (unpaired) electrons. The van der Waals surface area contributed by atoms with E-state index >= 15 is 0 Å². The summed E-state index contributed by atoms with van der Waals surface area (Å²) in [6, 6.07) is 14.3. The first-order valence-corrected chi connectivity index (χ1v) is 16.0. The molecule has 1 heterocycles. The van der Waals surface area contributed by atoms with Gasteiger partial charge >= 0.3 is 10.3 Å². The molecular formula is C31H42N2O5S. The zero-order valence-corrected chi connectivity index (χ0v) is 24.0. The van der Waals surface area contributed by atoms with Gasteiger partial charge in [0.25, 0.3) is 0 Å². The quantitative estimate of drug-likeness (QED) is 0.513. The number of nitrogens with two attached hydrogens (primary N) is 1. The molecule has 2 aromatic rings. The van der Waals surface area contributed by atoms with Crippen LogP contribution in [0.5, 0.6) is 11.5 Å². The lowest BCUT2D eigenvalue weighted by Gasteiger charge is -2.60. The Morgan fingerprint density at radius 1 is 1.03 bits per heavy atom. The van der Waals surface area contributed by atoms with E-state index < -0.39 is 10.3 Å². The minimum Gasteiger partial charge on any atom is -0.492 e. The lowest BCUT2D eigenvalue weighted by atomic mass is 9.44. The second kappa shape index (κ2) is 10.1. The molecule has 0 aromatic heterocycles. The molecule has 39 heavy (non-hydrogen) atoms. The van der Waals surface area contributed by atoms with E-state index in [2.05, 4.69) is 49.1 Å². The monoisotopic (exact) mass is 554 g/mol. The minimum absolute atomic E-state index is 0.0232. The van der Waals surface area contributed by atoms with Gasteiger partial charge in [-0.15, -0.1) is 0 Å². The number of aliphatic hydroxyl groups is 1. The predicted octanol–water partition coefficient (Wildman–Crippen LogP) is 4.74. The number of nitrogens with zero attached hydrogens (tertiary/aromatic N) is 1. The third-order valence-corrected chi connectivity index (χ3v) is 11.1. The van der Waals surface area contributed by atoms with Crippen LogP contribution >= 0.6 is 0 Å². The van der Waals surface area contributed by atoms with Crippen molar-refractivity contribution in [2.45, 2.75) is 76.7 Å². The van der Waals surface area contributed by atoms with E-state index in [1.807, 2.05) is 6.07 Å². The predicted molar refractivity (Wildman–Crippen MR) is 151 cm³/mol. The standard InChI is InChI=1S/C31H42N2O5S/c1-30-14-13-22-19-24(38-39(32,35)36)9-10-25(22)29(30)26(20-31(2)27(30)11-12-28(31)34)21-5-7-23(8-6-21)37-18-17-33-15-3-4-16-33/h5-10,19,26-29,34H,3-4,11-18,20H2,1-2H3,(H2,32,35,36)/t26-,27?,28+,29?,30+,31+/m1/s1. The molecule has 1 saturated heterocycles. The number of hydrogen-bond donors (Lipinski definition) is 2. The van der Waals surface area contributed by atoms with Crippen LogP contribution in [-0.4, -0.2) is 50.8 Å². The lowest BCUT2D eigenvalue weighted by Crippen LogP contribution is -2.52. The van der Waals surface area contributed by atoms with E-state index in [4.69, 9.17) is 14.1 Å². The molecule has 0 spiro atoms. The average Bonchev–Trinajstić information content (AvgIpc) is 3.51. The first kappa shape index (κ1) is 27.1. The van der Waals surface area contributed by atoms with Crippen LogP contribution in [0.1, 0.15) is 80.9 Å². The topological polar surface area (TPSA) is 102 Å². The average molecular weight is 555 g/mol. The highest BCUT2D eigenvalue weighted by Crippen LogP contribution is 2.70. The van der Waals surface area contributed by atoms with Crippen molar-refractivity contribution in [2.24, 2.45) is 21.9 Å². The highest BCUT2D eigenvalue weighted by Gasteiger charge is 2.62. The van der Waals surface area contributed by atoms with Crippen LogP contribution in [0.3, 0.4) is 0 Å². The number of likely N-dealkylation sites (tertiary alicyclic amines) is 1. The Balaban J connectivity index is 1.31. The molecule has 0 amide bonds. The van der Waals surface area contributed by atoms with Crippen molar-refractivity contribution in [2.75, 3.05) is 26.2 Å². The van der Waals surface area contributed by atoms with E-state index in [1.165, 1.54) is 37.1 Å². The fraction of sp³-hybridized carbons (Fsp3) is 0.613. The summed E-state index contributed by atoms with van der Waals surface area (Å²) < 4.78 is 34.2. The number of fused-ring (bicyclic) bond motifs is 5. The molecule has 3 N–H and O–H groups in total. The molecule has 2 aromatic carbocycles. The number of benzene rings is 2. The van der Waals surface area contributed by atoms with Gasteiger partial charge in [-0.1, -0.05) is 32.0 Å². The van der Waals surface area contributed by atoms with E-state index in [0.29, 0.717) is 12.5 Å². The van der Waals surface area contributed by atoms with Gasteiger partial charge in [0.2, 0.25) is 0 Å². The summed E-state index contributed by atoms with van der Waals surface area (Å²) >= 11 is 0. The van der Waals surface area contributed by atoms with Crippen LogP contribution in [0.2, 0.25) is 0 Å². The van der Waals surface area contributed by atoms with Crippen molar-refractivity contribution >= 4 is 10.3 Å². The van der Waals surface area contributed by atoms with Gasteiger partial charge < -0.3 is 14.0 Å². The highest BCUT2D eigenvalue weighted by molar-refractivity contribution is 7.84. The molecule has 6 atom stereocenters. The summed E-state index contributed by atoms with van der Waals surface area (Å²) in [7, 11) is -4.08.